The Bertz CT molecular complexity index is 385. The zero-order chi connectivity index (χ0) is 10.3. The maximum absolute atomic E-state index is 4.35. The van der Waals surface area contributed by atoms with Crippen LogP contribution in [-0.4, -0.2) is 15.3 Å². The number of nitrogens with one attached hydrogen (secondary N) is 1. The predicted molar refractivity (Wildman–Crippen MR) is 59.3 cm³/mol. The monoisotopic (exact) mass is 191 g/mol. The Morgan fingerprint density at radius 2 is 2.21 bits per heavy atom. The second-order valence-electron chi connectivity index (χ2n) is 4.40. The van der Waals surface area contributed by atoms with E-state index in [0.717, 1.165) is 12.4 Å². The molecule has 0 saturated carbocycles. The van der Waals surface area contributed by atoms with E-state index in [-0.39, 0.29) is 5.54 Å². The van der Waals surface area contributed by atoms with Crippen LogP contribution in [0.1, 0.15) is 33.3 Å². The van der Waals surface area contributed by atoms with E-state index in [9.17, 15) is 0 Å². The fraction of sp³-hybridized carbons (Fsp3) is 0.545. The lowest BCUT2D eigenvalue weighted by Gasteiger charge is -2.30. The first-order valence-electron chi connectivity index (χ1n) is 5.07. The average molecular weight is 191 g/mol. The second-order valence-corrected chi connectivity index (χ2v) is 4.40. The topological polar surface area (TPSA) is 29.9 Å². The zero-order valence-electron chi connectivity index (χ0n) is 9.26. The number of anilines is 1. The van der Waals surface area contributed by atoms with Gasteiger partial charge in [-0.2, -0.15) is 5.10 Å². The van der Waals surface area contributed by atoms with Crippen LogP contribution in [0.4, 0.5) is 5.82 Å². The Morgan fingerprint density at radius 3 is 2.86 bits per heavy atom. The van der Waals surface area contributed by atoms with Crippen LogP contribution in [0, 0.1) is 0 Å². The van der Waals surface area contributed by atoms with Crippen LogP contribution in [0.3, 0.4) is 0 Å². The molecule has 0 aromatic carbocycles. The van der Waals surface area contributed by atoms with Gasteiger partial charge in [0.1, 0.15) is 5.82 Å². The molecular formula is C11H17N3. The molecule has 0 bridgehead atoms. The van der Waals surface area contributed by atoms with Crippen molar-refractivity contribution in [3.05, 3.63) is 17.8 Å². The average Bonchev–Trinajstić information content (AvgIpc) is 2.45. The van der Waals surface area contributed by atoms with E-state index in [1.165, 1.54) is 11.1 Å². The molecule has 14 heavy (non-hydrogen) atoms. The summed E-state index contributed by atoms with van der Waals surface area (Å²) in [5.74, 6) is 1.15. The molecule has 0 unspecified atom stereocenters. The first-order valence-corrected chi connectivity index (χ1v) is 5.07. The highest BCUT2D eigenvalue weighted by Gasteiger charge is 2.25. The van der Waals surface area contributed by atoms with E-state index < -0.39 is 0 Å². The summed E-state index contributed by atoms with van der Waals surface area (Å²) >= 11 is 0. The highest BCUT2D eigenvalue weighted by atomic mass is 15.3. The van der Waals surface area contributed by atoms with Crippen molar-refractivity contribution in [2.24, 2.45) is 0 Å². The Balaban J connectivity index is 2.53. The van der Waals surface area contributed by atoms with E-state index in [1.807, 2.05) is 10.9 Å². The molecule has 0 amide bonds. The molecule has 3 heteroatoms. The van der Waals surface area contributed by atoms with Gasteiger partial charge in [0.15, 0.2) is 0 Å². The van der Waals surface area contributed by atoms with E-state index >= 15 is 0 Å². The fourth-order valence-electron chi connectivity index (χ4n) is 2.01. The smallest absolute Gasteiger partial charge is 0.132 e. The molecule has 1 aliphatic heterocycles. The molecular weight excluding hydrogens is 174 g/mol. The first kappa shape index (κ1) is 9.31. The molecule has 0 aliphatic carbocycles. The molecule has 0 fully saturated rings. The Morgan fingerprint density at radius 1 is 1.50 bits per heavy atom. The van der Waals surface area contributed by atoms with Gasteiger partial charge in [0.05, 0.1) is 11.7 Å². The summed E-state index contributed by atoms with van der Waals surface area (Å²) in [6.07, 6.45) is 4.18. The van der Waals surface area contributed by atoms with E-state index in [0.29, 0.717) is 0 Å². The van der Waals surface area contributed by atoms with Gasteiger partial charge in [-0.25, -0.2) is 4.68 Å². The van der Waals surface area contributed by atoms with Gasteiger partial charge in [0.25, 0.3) is 0 Å². The third-order valence-electron chi connectivity index (χ3n) is 2.58. The Kier molecular flexibility index (Phi) is 1.91. The van der Waals surface area contributed by atoms with Crippen LogP contribution in [0.2, 0.25) is 0 Å². The minimum Gasteiger partial charge on any atom is -0.361 e. The Labute approximate surface area is 84.8 Å². The number of rotatable bonds is 1. The van der Waals surface area contributed by atoms with Crippen molar-refractivity contribution in [3.8, 4) is 0 Å². The second kappa shape index (κ2) is 2.87. The number of aromatic nitrogens is 2. The summed E-state index contributed by atoms with van der Waals surface area (Å²) in [6, 6.07) is 0. The molecule has 1 aromatic heterocycles. The number of fused-ring (bicyclic) bond motifs is 1. The molecule has 2 rings (SSSR count). The molecule has 1 aromatic rings. The maximum atomic E-state index is 4.35. The minimum atomic E-state index is 0.0318. The zero-order valence-corrected chi connectivity index (χ0v) is 9.26. The van der Waals surface area contributed by atoms with Crippen LogP contribution in [0.25, 0.3) is 5.57 Å². The van der Waals surface area contributed by atoms with Crippen LogP contribution in [0.15, 0.2) is 12.3 Å². The van der Waals surface area contributed by atoms with Gasteiger partial charge in [0.2, 0.25) is 0 Å². The molecule has 0 atom stereocenters. The summed E-state index contributed by atoms with van der Waals surface area (Å²) < 4.78 is 2.01. The van der Waals surface area contributed by atoms with Gasteiger partial charge in [0, 0.05) is 12.1 Å². The Hall–Kier alpha value is -1.25. The SMILES string of the molecule is CCn1ncc2c1NC(C)(C)C=C2C. The van der Waals surface area contributed by atoms with Gasteiger partial charge in [-0.1, -0.05) is 6.08 Å². The minimum absolute atomic E-state index is 0.0318. The van der Waals surface area contributed by atoms with Crippen molar-refractivity contribution >= 4 is 11.4 Å². The van der Waals surface area contributed by atoms with Gasteiger partial charge < -0.3 is 5.32 Å². The van der Waals surface area contributed by atoms with Crippen molar-refractivity contribution in [1.29, 1.82) is 0 Å². The lowest BCUT2D eigenvalue weighted by atomic mass is 9.94. The molecule has 2 heterocycles. The lowest BCUT2D eigenvalue weighted by molar-refractivity contribution is 0.632. The summed E-state index contributed by atoms with van der Waals surface area (Å²) in [7, 11) is 0. The number of hydrogen-bond acceptors (Lipinski definition) is 2. The van der Waals surface area contributed by atoms with Gasteiger partial charge >= 0.3 is 0 Å². The molecule has 0 radical (unpaired) electrons. The highest BCUT2D eigenvalue weighted by Crippen LogP contribution is 2.32. The van der Waals surface area contributed by atoms with Crippen LogP contribution in [-0.2, 0) is 6.54 Å². The number of aryl methyl sites for hydroxylation is 1. The van der Waals surface area contributed by atoms with Crippen molar-refractivity contribution in [2.45, 2.75) is 39.8 Å². The molecule has 1 aliphatic rings. The van der Waals surface area contributed by atoms with Gasteiger partial charge in [-0.3, -0.25) is 0 Å². The molecule has 76 valence electrons. The van der Waals surface area contributed by atoms with Crippen molar-refractivity contribution in [3.63, 3.8) is 0 Å². The first-order chi connectivity index (χ1) is 6.53. The normalized spacial score (nSPS) is 18.4. The van der Waals surface area contributed by atoms with Gasteiger partial charge in [-0.15, -0.1) is 0 Å². The standard InChI is InChI=1S/C11H17N3/c1-5-14-10-9(7-12-14)8(2)6-11(3,4)13-10/h6-7,13H,5H2,1-4H3. The number of allylic oxidation sites excluding steroid dienone is 1. The third kappa shape index (κ3) is 1.33. The number of hydrogen-bond donors (Lipinski definition) is 1. The van der Waals surface area contributed by atoms with Crippen LogP contribution < -0.4 is 5.32 Å². The van der Waals surface area contributed by atoms with Crippen molar-refractivity contribution in [2.75, 3.05) is 5.32 Å². The highest BCUT2D eigenvalue weighted by molar-refractivity contribution is 5.77. The van der Waals surface area contributed by atoms with Crippen LogP contribution >= 0.6 is 0 Å². The summed E-state index contributed by atoms with van der Waals surface area (Å²) in [4.78, 5) is 0. The summed E-state index contributed by atoms with van der Waals surface area (Å²) in [6.45, 7) is 9.50. The van der Waals surface area contributed by atoms with E-state index in [1.54, 1.807) is 0 Å². The molecule has 0 spiro atoms. The molecule has 1 N–H and O–H groups in total. The predicted octanol–water partition coefficient (Wildman–Crippen LogP) is 2.51. The molecule has 3 nitrogen and oxygen atoms in total. The summed E-state index contributed by atoms with van der Waals surface area (Å²) in [5.41, 5.74) is 2.57. The van der Waals surface area contributed by atoms with Crippen LogP contribution in [0.5, 0.6) is 0 Å². The van der Waals surface area contributed by atoms with E-state index in [4.69, 9.17) is 0 Å². The third-order valence-corrected chi connectivity index (χ3v) is 2.58. The summed E-state index contributed by atoms with van der Waals surface area (Å²) in [5, 5.41) is 7.84. The molecule has 0 saturated heterocycles. The lowest BCUT2D eigenvalue weighted by Crippen LogP contribution is -2.32. The maximum Gasteiger partial charge on any atom is 0.132 e. The largest absolute Gasteiger partial charge is 0.361 e. The van der Waals surface area contributed by atoms with E-state index in [2.05, 4.69) is 44.2 Å². The van der Waals surface area contributed by atoms with Gasteiger partial charge in [-0.05, 0) is 33.3 Å². The number of nitrogens with zero attached hydrogens (tertiary/aromatic N) is 2. The van der Waals surface area contributed by atoms with Crippen molar-refractivity contribution in [1.82, 2.24) is 9.78 Å². The van der Waals surface area contributed by atoms with Crippen molar-refractivity contribution < 1.29 is 0 Å². The fourth-order valence-corrected chi connectivity index (χ4v) is 2.01. The quantitative estimate of drug-likeness (QED) is 0.739.